The van der Waals surface area contributed by atoms with Gasteiger partial charge in [0.25, 0.3) is 0 Å². The van der Waals surface area contributed by atoms with E-state index in [1.165, 1.54) is 0 Å². The Labute approximate surface area is 106 Å². The molecule has 1 heterocycles. The van der Waals surface area contributed by atoms with Crippen molar-refractivity contribution in [2.24, 2.45) is 0 Å². The molecular formula is C13H17ClN2O. The number of halogens is 1. The quantitative estimate of drug-likeness (QED) is 0.904. The number of benzene rings is 1. The second kappa shape index (κ2) is 4.67. The summed E-state index contributed by atoms with van der Waals surface area (Å²) in [7, 11) is 0. The highest BCUT2D eigenvalue weighted by Crippen LogP contribution is 2.28. The highest BCUT2D eigenvalue weighted by atomic mass is 35.5. The van der Waals surface area contributed by atoms with Crippen LogP contribution in [0.5, 0.6) is 0 Å². The summed E-state index contributed by atoms with van der Waals surface area (Å²) in [6, 6.07) is 5.96. The molecule has 2 atom stereocenters. The molecule has 0 saturated heterocycles. The van der Waals surface area contributed by atoms with Crippen LogP contribution in [0.2, 0.25) is 5.02 Å². The lowest BCUT2D eigenvalue weighted by Crippen LogP contribution is -2.10. The molecule has 92 valence electrons. The topological polar surface area (TPSA) is 38.0 Å². The maximum Gasteiger partial charge on any atom is 0.138 e. The fourth-order valence-corrected chi connectivity index (χ4v) is 2.20. The van der Waals surface area contributed by atoms with E-state index in [2.05, 4.69) is 23.4 Å². The first-order valence-corrected chi connectivity index (χ1v) is 6.27. The number of hydrogen-bond donors (Lipinski definition) is 1. The lowest BCUT2D eigenvalue weighted by atomic mass is 10.2. The summed E-state index contributed by atoms with van der Waals surface area (Å²) < 4.78 is 2.09. The van der Waals surface area contributed by atoms with E-state index in [9.17, 15) is 5.11 Å². The molecule has 2 rings (SSSR count). The van der Waals surface area contributed by atoms with Crippen molar-refractivity contribution in [3.05, 3.63) is 29.0 Å². The van der Waals surface area contributed by atoms with Crippen molar-refractivity contribution >= 4 is 22.6 Å². The highest BCUT2D eigenvalue weighted by Gasteiger charge is 2.17. The van der Waals surface area contributed by atoms with Crippen LogP contribution in [0.1, 0.15) is 45.2 Å². The first-order chi connectivity index (χ1) is 8.04. The number of rotatable bonds is 3. The third-order valence-electron chi connectivity index (χ3n) is 3.08. The SMILES string of the molecule is CC[C@@H](C)n1c([C@H](C)O)nc2cc(Cl)ccc21. The zero-order valence-electron chi connectivity index (χ0n) is 10.3. The summed E-state index contributed by atoms with van der Waals surface area (Å²) in [6.07, 6.45) is 0.420. The van der Waals surface area contributed by atoms with Gasteiger partial charge in [-0.05, 0) is 38.5 Å². The van der Waals surface area contributed by atoms with Gasteiger partial charge in [-0.1, -0.05) is 18.5 Å². The molecule has 2 aromatic rings. The Bertz CT molecular complexity index is 533. The molecule has 0 radical (unpaired) electrons. The fraction of sp³-hybridized carbons (Fsp3) is 0.462. The van der Waals surface area contributed by atoms with Crippen molar-refractivity contribution in [2.45, 2.75) is 39.3 Å². The molecule has 4 heteroatoms. The van der Waals surface area contributed by atoms with E-state index in [0.717, 1.165) is 17.5 Å². The van der Waals surface area contributed by atoms with Gasteiger partial charge in [-0.2, -0.15) is 0 Å². The Kier molecular flexibility index (Phi) is 3.40. The maximum atomic E-state index is 9.80. The second-order valence-corrected chi connectivity index (χ2v) is 4.84. The van der Waals surface area contributed by atoms with Crippen molar-refractivity contribution in [3.8, 4) is 0 Å². The minimum absolute atomic E-state index is 0.311. The zero-order valence-corrected chi connectivity index (χ0v) is 11.1. The maximum absolute atomic E-state index is 9.80. The van der Waals surface area contributed by atoms with Crippen LogP contribution in [-0.4, -0.2) is 14.7 Å². The minimum Gasteiger partial charge on any atom is -0.385 e. The van der Waals surface area contributed by atoms with Crippen molar-refractivity contribution in [1.82, 2.24) is 9.55 Å². The van der Waals surface area contributed by atoms with Gasteiger partial charge in [-0.25, -0.2) is 4.98 Å². The molecular weight excluding hydrogens is 236 g/mol. The molecule has 0 fully saturated rings. The van der Waals surface area contributed by atoms with Crippen LogP contribution in [0.4, 0.5) is 0 Å². The zero-order chi connectivity index (χ0) is 12.6. The first kappa shape index (κ1) is 12.4. The van der Waals surface area contributed by atoms with Gasteiger partial charge in [0.15, 0.2) is 0 Å². The number of fused-ring (bicyclic) bond motifs is 1. The standard InChI is InChI=1S/C13H17ClN2O/c1-4-8(2)16-12-6-5-10(14)7-11(12)15-13(16)9(3)17/h5-9,17H,4H2,1-3H3/t8-,9+/m1/s1. The van der Waals surface area contributed by atoms with E-state index < -0.39 is 6.10 Å². The van der Waals surface area contributed by atoms with E-state index in [-0.39, 0.29) is 0 Å². The normalized spacial score (nSPS) is 15.1. The van der Waals surface area contributed by atoms with Crippen LogP contribution in [0, 0.1) is 0 Å². The molecule has 0 bridgehead atoms. The van der Waals surface area contributed by atoms with Crippen LogP contribution < -0.4 is 0 Å². The van der Waals surface area contributed by atoms with Gasteiger partial charge in [-0.3, -0.25) is 0 Å². The van der Waals surface area contributed by atoms with Crippen LogP contribution in [-0.2, 0) is 0 Å². The van der Waals surface area contributed by atoms with Crippen molar-refractivity contribution in [1.29, 1.82) is 0 Å². The summed E-state index contributed by atoms with van der Waals surface area (Å²) in [6.45, 7) is 5.99. The number of aliphatic hydroxyl groups is 1. The summed E-state index contributed by atoms with van der Waals surface area (Å²) in [4.78, 5) is 4.47. The van der Waals surface area contributed by atoms with Crippen LogP contribution in [0.25, 0.3) is 11.0 Å². The average molecular weight is 253 g/mol. The van der Waals surface area contributed by atoms with Gasteiger partial charge >= 0.3 is 0 Å². The Morgan fingerprint density at radius 1 is 1.41 bits per heavy atom. The molecule has 1 N–H and O–H groups in total. The Morgan fingerprint density at radius 3 is 2.71 bits per heavy atom. The number of aliphatic hydroxyl groups excluding tert-OH is 1. The van der Waals surface area contributed by atoms with Crippen LogP contribution in [0.3, 0.4) is 0 Å². The first-order valence-electron chi connectivity index (χ1n) is 5.90. The Balaban J connectivity index is 2.71. The van der Waals surface area contributed by atoms with Crippen molar-refractivity contribution in [2.75, 3.05) is 0 Å². The predicted molar refractivity (Wildman–Crippen MR) is 70.4 cm³/mol. The van der Waals surface area contributed by atoms with Gasteiger partial charge in [0, 0.05) is 11.1 Å². The highest BCUT2D eigenvalue weighted by molar-refractivity contribution is 6.31. The van der Waals surface area contributed by atoms with E-state index in [1.807, 2.05) is 18.2 Å². The lowest BCUT2D eigenvalue weighted by Gasteiger charge is -2.17. The Morgan fingerprint density at radius 2 is 2.12 bits per heavy atom. The number of aromatic nitrogens is 2. The number of nitrogens with zero attached hydrogens (tertiary/aromatic N) is 2. The summed E-state index contributed by atoms with van der Waals surface area (Å²) in [5.41, 5.74) is 1.87. The predicted octanol–water partition coefficient (Wildman–Crippen LogP) is 3.71. The molecule has 1 aromatic heterocycles. The van der Waals surface area contributed by atoms with E-state index in [1.54, 1.807) is 6.92 Å². The number of imidazole rings is 1. The molecule has 3 nitrogen and oxygen atoms in total. The van der Waals surface area contributed by atoms with E-state index >= 15 is 0 Å². The molecule has 0 aliphatic rings. The van der Waals surface area contributed by atoms with Gasteiger partial charge in [0.1, 0.15) is 11.9 Å². The molecule has 0 unspecified atom stereocenters. The molecule has 0 spiro atoms. The molecule has 17 heavy (non-hydrogen) atoms. The largest absolute Gasteiger partial charge is 0.385 e. The van der Waals surface area contributed by atoms with Crippen LogP contribution in [0.15, 0.2) is 18.2 Å². The lowest BCUT2D eigenvalue weighted by molar-refractivity contribution is 0.182. The smallest absolute Gasteiger partial charge is 0.138 e. The molecule has 0 aliphatic carbocycles. The van der Waals surface area contributed by atoms with Gasteiger partial charge < -0.3 is 9.67 Å². The third kappa shape index (κ3) is 2.17. The van der Waals surface area contributed by atoms with Crippen molar-refractivity contribution < 1.29 is 5.11 Å². The third-order valence-corrected chi connectivity index (χ3v) is 3.32. The Hall–Kier alpha value is -1.06. The summed E-state index contributed by atoms with van der Waals surface area (Å²) in [5, 5.41) is 10.5. The van der Waals surface area contributed by atoms with E-state index in [4.69, 9.17) is 11.6 Å². The van der Waals surface area contributed by atoms with Gasteiger partial charge in [0.05, 0.1) is 11.0 Å². The fourth-order valence-electron chi connectivity index (χ4n) is 2.03. The van der Waals surface area contributed by atoms with Crippen LogP contribution >= 0.6 is 11.6 Å². The average Bonchev–Trinajstić information content (AvgIpc) is 2.66. The summed E-state index contributed by atoms with van der Waals surface area (Å²) in [5.74, 6) is 0.705. The second-order valence-electron chi connectivity index (χ2n) is 4.41. The molecule has 0 saturated carbocycles. The van der Waals surface area contributed by atoms with Gasteiger partial charge in [0.2, 0.25) is 0 Å². The number of hydrogen-bond acceptors (Lipinski definition) is 2. The summed E-state index contributed by atoms with van der Waals surface area (Å²) >= 11 is 5.96. The molecule has 1 aromatic carbocycles. The van der Waals surface area contributed by atoms with Crippen molar-refractivity contribution in [3.63, 3.8) is 0 Å². The monoisotopic (exact) mass is 252 g/mol. The van der Waals surface area contributed by atoms with Gasteiger partial charge in [-0.15, -0.1) is 0 Å². The molecule has 0 aliphatic heterocycles. The minimum atomic E-state index is -0.574. The van der Waals surface area contributed by atoms with E-state index in [0.29, 0.717) is 16.9 Å². The molecule has 0 amide bonds.